The van der Waals surface area contributed by atoms with Crippen molar-refractivity contribution in [2.75, 3.05) is 0 Å². The maximum Gasteiger partial charge on any atom is 0.142 e. The van der Waals surface area contributed by atoms with Crippen LogP contribution in [0.1, 0.15) is 11.1 Å². The van der Waals surface area contributed by atoms with E-state index in [1.807, 2.05) is 12.1 Å². The molecule has 1 aromatic carbocycles. The van der Waals surface area contributed by atoms with Gasteiger partial charge in [-0.1, -0.05) is 28.9 Å². The Balaban J connectivity index is 2.06. The van der Waals surface area contributed by atoms with E-state index in [-0.39, 0.29) is 0 Å². The highest BCUT2D eigenvalue weighted by Crippen LogP contribution is 2.32. The van der Waals surface area contributed by atoms with Gasteiger partial charge in [0.15, 0.2) is 0 Å². The van der Waals surface area contributed by atoms with Crippen molar-refractivity contribution in [3.05, 3.63) is 45.8 Å². The van der Waals surface area contributed by atoms with E-state index in [0.29, 0.717) is 6.61 Å². The summed E-state index contributed by atoms with van der Waals surface area (Å²) in [6, 6.07) is 10.2. The fourth-order valence-electron chi connectivity index (χ4n) is 1.68. The predicted octanol–water partition coefficient (Wildman–Crippen LogP) is 3.93. The molecule has 16 heavy (non-hydrogen) atoms. The SMILES string of the molecule is Clc1ccc(-c2ccc3c(c2)CON=C3)s1. The van der Waals surface area contributed by atoms with E-state index in [9.17, 15) is 0 Å². The minimum absolute atomic E-state index is 0.540. The smallest absolute Gasteiger partial charge is 0.142 e. The van der Waals surface area contributed by atoms with Crippen molar-refractivity contribution in [1.29, 1.82) is 0 Å². The van der Waals surface area contributed by atoms with E-state index < -0.39 is 0 Å². The Morgan fingerprint density at radius 3 is 3.00 bits per heavy atom. The molecule has 3 rings (SSSR count). The lowest BCUT2D eigenvalue weighted by Gasteiger charge is -2.10. The number of rotatable bonds is 1. The molecule has 0 aliphatic carbocycles. The van der Waals surface area contributed by atoms with Crippen molar-refractivity contribution in [3.63, 3.8) is 0 Å². The average molecular weight is 250 g/mol. The van der Waals surface area contributed by atoms with Gasteiger partial charge >= 0.3 is 0 Å². The van der Waals surface area contributed by atoms with Gasteiger partial charge in [0, 0.05) is 16.0 Å². The lowest BCUT2D eigenvalue weighted by molar-refractivity contribution is 0.128. The normalized spacial score (nSPS) is 13.3. The molecular weight excluding hydrogens is 242 g/mol. The standard InChI is InChI=1S/C12H8ClNOS/c13-12-4-3-11(16-12)8-1-2-9-6-14-15-7-10(9)5-8/h1-6H,7H2. The molecule has 0 fully saturated rings. The first-order chi connectivity index (χ1) is 7.83. The molecule has 4 heteroatoms. The Labute approximate surface area is 102 Å². The van der Waals surface area contributed by atoms with Gasteiger partial charge in [-0.05, 0) is 23.8 Å². The number of oxime groups is 1. The van der Waals surface area contributed by atoms with E-state index in [1.54, 1.807) is 17.6 Å². The van der Waals surface area contributed by atoms with E-state index in [1.165, 1.54) is 10.4 Å². The molecule has 1 aromatic heterocycles. The van der Waals surface area contributed by atoms with Crippen molar-refractivity contribution >= 4 is 29.2 Å². The van der Waals surface area contributed by atoms with Gasteiger partial charge in [0.2, 0.25) is 0 Å². The van der Waals surface area contributed by atoms with Crippen molar-refractivity contribution in [1.82, 2.24) is 0 Å². The van der Waals surface area contributed by atoms with Crippen LogP contribution in [0.4, 0.5) is 0 Å². The van der Waals surface area contributed by atoms with Crippen LogP contribution < -0.4 is 0 Å². The van der Waals surface area contributed by atoms with Crippen molar-refractivity contribution in [2.45, 2.75) is 6.61 Å². The highest BCUT2D eigenvalue weighted by molar-refractivity contribution is 7.19. The van der Waals surface area contributed by atoms with Crippen LogP contribution >= 0.6 is 22.9 Å². The van der Waals surface area contributed by atoms with Crippen LogP contribution in [-0.2, 0) is 11.4 Å². The Morgan fingerprint density at radius 2 is 2.19 bits per heavy atom. The summed E-state index contributed by atoms with van der Waals surface area (Å²) in [6.07, 6.45) is 1.74. The zero-order valence-corrected chi connectivity index (χ0v) is 9.89. The minimum atomic E-state index is 0.540. The summed E-state index contributed by atoms with van der Waals surface area (Å²) in [7, 11) is 0. The third-order valence-electron chi connectivity index (χ3n) is 2.49. The van der Waals surface area contributed by atoms with Gasteiger partial charge in [-0.3, -0.25) is 0 Å². The summed E-state index contributed by atoms with van der Waals surface area (Å²) < 4.78 is 0.811. The van der Waals surface area contributed by atoms with Crippen LogP contribution in [-0.4, -0.2) is 6.21 Å². The Kier molecular flexibility index (Phi) is 2.42. The Bertz CT molecular complexity index is 562. The molecule has 1 aliphatic heterocycles. The second kappa shape index (κ2) is 3.92. The first kappa shape index (κ1) is 9.87. The number of fused-ring (bicyclic) bond motifs is 1. The van der Waals surface area contributed by atoms with Crippen molar-refractivity contribution in [2.24, 2.45) is 5.16 Å². The van der Waals surface area contributed by atoms with Gasteiger partial charge in [-0.25, -0.2) is 0 Å². The maximum absolute atomic E-state index is 5.93. The molecule has 2 nitrogen and oxygen atoms in total. The van der Waals surface area contributed by atoms with Crippen LogP contribution in [0, 0.1) is 0 Å². The maximum atomic E-state index is 5.93. The second-order valence-electron chi connectivity index (χ2n) is 3.53. The largest absolute Gasteiger partial charge is 0.391 e. The number of benzene rings is 1. The Morgan fingerprint density at radius 1 is 1.25 bits per heavy atom. The fourth-order valence-corrected chi connectivity index (χ4v) is 2.72. The zero-order chi connectivity index (χ0) is 11.0. The van der Waals surface area contributed by atoms with Gasteiger partial charge in [0.1, 0.15) is 6.61 Å². The first-order valence-corrected chi connectivity index (χ1v) is 6.06. The summed E-state index contributed by atoms with van der Waals surface area (Å²) in [5.41, 5.74) is 3.46. The summed E-state index contributed by atoms with van der Waals surface area (Å²) in [6.45, 7) is 0.540. The average Bonchev–Trinajstić information content (AvgIpc) is 2.75. The highest BCUT2D eigenvalue weighted by Gasteiger charge is 2.09. The quantitative estimate of drug-likeness (QED) is 0.750. The molecule has 0 atom stereocenters. The molecule has 0 N–H and O–H groups in total. The summed E-state index contributed by atoms with van der Waals surface area (Å²) >= 11 is 7.51. The van der Waals surface area contributed by atoms with Crippen LogP contribution in [0.5, 0.6) is 0 Å². The van der Waals surface area contributed by atoms with E-state index >= 15 is 0 Å². The molecule has 2 heterocycles. The molecule has 0 spiro atoms. The zero-order valence-electron chi connectivity index (χ0n) is 8.31. The number of thiophene rings is 1. The molecule has 0 radical (unpaired) electrons. The molecule has 0 saturated heterocycles. The van der Waals surface area contributed by atoms with E-state index in [0.717, 1.165) is 15.5 Å². The molecule has 0 bridgehead atoms. The first-order valence-electron chi connectivity index (χ1n) is 4.87. The van der Waals surface area contributed by atoms with Crippen molar-refractivity contribution < 1.29 is 4.84 Å². The van der Waals surface area contributed by atoms with Crippen molar-refractivity contribution in [3.8, 4) is 10.4 Å². The lowest BCUT2D eigenvalue weighted by atomic mass is 10.0. The molecule has 0 unspecified atom stereocenters. The monoisotopic (exact) mass is 249 g/mol. The Hall–Kier alpha value is -1.32. The molecule has 0 amide bonds. The summed E-state index contributed by atoms with van der Waals surface area (Å²) in [5.74, 6) is 0. The lowest BCUT2D eigenvalue weighted by Crippen LogP contribution is -2.00. The topological polar surface area (TPSA) is 21.6 Å². The minimum Gasteiger partial charge on any atom is -0.391 e. The summed E-state index contributed by atoms with van der Waals surface area (Å²) in [4.78, 5) is 6.22. The van der Waals surface area contributed by atoms with Crippen LogP contribution in [0.3, 0.4) is 0 Å². The van der Waals surface area contributed by atoms with Gasteiger partial charge in [-0.2, -0.15) is 0 Å². The number of hydrogen-bond acceptors (Lipinski definition) is 3. The van der Waals surface area contributed by atoms with Gasteiger partial charge in [-0.15, -0.1) is 11.3 Å². The third kappa shape index (κ3) is 1.72. The molecule has 2 aromatic rings. The molecular formula is C12H8ClNOS. The molecule has 1 aliphatic rings. The van der Waals surface area contributed by atoms with Crippen LogP contribution in [0.15, 0.2) is 35.5 Å². The number of halogens is 1. The number of nitrogens with zero attached hydrogens (tertiary/aromatic N) is 1. The third-order valence-corrected chi connectivity index (χ3v) is 3.77. The van der Waals surface area contributed by atoms with E-state index in [4.69, 9.17) is 16.4 Å². The van der Waals surface area contributed by atoms with Crippen LogP contribution in [0.25, 0.3) is 10.4 Å². The highest BCUT2D eigenvalue weighted by atomic mass is 35.5. The molecule has 80 valence electrons. The van der Waals surface area contributed by atoms with Gasteiger partial charge in [0.25, 0.3) is 0 Å². The van der Waals surface area contributed by atoms with Crippen LogP contribution in [0.2, 0.25) is 4.34 Å². The number of hydrogen-bond donors (Lipinski definition) is 0. The molecule has 0 saturated carbocycles. The van der Waals surface area contributed by atoms with Gasteiger partial charge < -0.3 is 4.84 Å². The van der Waals surface area contributed by atoms with E-state index in [2.05, 4.69) is 23.4 Å². The predicted molar refractivity (Wildman–Crippen MR) is 67.1 cm³/mol. The second-order valence-corrected chi connectivity index (χ2v) is 5.24. The fraction of sp³-hybridized carbons (Fsp3) is 0.0833. The van der Waals surface area contributed by atoms with Gasteiger partial charge in [0.05, 0.1) is 10.6 Å². The summed E-state index contributed by atoms with van der Waals surface area (Å²) in [5, 5.41) is 3.78.